The maximum absolute atomic E-state index is 2.58. The molecule has 2 aliphatic rings. The number of allylic oxidation sites excluding steroid dienone is 4. The van der Waals surface area contributed by atoms with Crippen molar-refractivity contribution in [1.82, 2.24) is 0 Å². The quantitative estimate of drug-likeness (QED) is 0.345. The van der Waals surface area contributed by atoms with Crippen molar-refractivity contribution in [3.05, 3.63) is 80.7 Å². The Morgan fingerprint density at radius 1 is 0.846 bits per heavy atom. The number of rotatable bonds is 2. The molecule has 0 heterocycles. The number of hydrogen-bond acceptors (Lipinski definition) is 0. The van der Waals surface area contributed by atoms with E-state index >= 15 is 0 Å². The summed E-state index contributed by atoms with van der Waals surface area (Å²) < 4.78 is 2.63. The van der Waals surface area contributed by atoms with Crippen LogP contribution >= 0.6 is 24.8 Å². The van der Waals surface area contributed by atoms with Crippen LogP contribution < -0.4 is 0 Å². The number of fused-ring (bicyclic) bond motifs is 3. The Morgan fingerprint density at radius 2 is 1.35 bits per heavy atom. The second-order valence-electron chi connectivity index (χ2n) is 7.27. The summed E-state index contributed by atoms with van der Waals surface area (Å²) in [7, 11) is 0. The first-order valence-corrected chi connectivity index (χ1v) is 20.6. The molecule has 1 atom stereocenters. The Morgan fingerprint density at radius 3 is 1.77 bits per heavy atom. The third-order valence-corrected chi connectivity index (χ3v) is 32.2. The minimum absolute atomic E-state index is 0. The third-order valence-electron chi connectivity index (χ3n) is 5.47. The average Bonchev–Trinajstić information content (AvgIpc) is 3.08. The standard InChI is InChI=1S/C13H9.C7H9.C2H6Si.2ClH.Hf/c1-3-7-12-10(5-1)9-11-6-2-4-8-13(11)12;1-6-3-4-7(2)5-6;1-3-2;;;/h1-9H;3-4,6H,1-2H3;1-2H3;2*1H;. The van der Waals surface area contributed by atoms with Crippen LogP contribution in [0.5, 0.6) is 0 Å². The molecule has 0 amide bonds. The fourth-order valence-electron chi connectivity index (χ4n) is 4.47. The van der Waals surface area contributed by atoms with Gasteiger partial charge < -0.3 is 0 Å². The molecular weight excluding hydrogens is 542 g/mol. The first-order chi connectivity index (χ1) is 11.6. The topological polar surface area (TPSA) is 0 Å². The number of halogens is 2. The molecule has 0 aromatic heterocycles. The Kier molecular flexibility index (Phi) is 7.35. The van der Waals surface area contributed by atoms with Gasteiger partial charge in [0.1, 0.15) is 0 Å². The van der Waals surface area contributed by atoms with Crippen LogP contribution in [0.25, 0.3) is 11.1 Å². The van der Waals surface area contributed by atoms with Crippen molar-refractivity contribution in [3.8, 4) is 11.1 Å². The molecule has 0 N–H and O–H groups in total. The molecule has 136 valence electrons. The second kappa shape index (κ2) is 8.73. The zero-order chi connectivity index (χ0) is 16.8. The van der Waals surface area contributed by atoms with Gasteiger partial charge in [0, 0.05) is 0 Å². The first kappa shape index (κ1) is 21.9. The van der Waals surface area contributed by atoms with E-state index in [-0.39, 0.29) is 30.3 Å². The maximum atomic E-state index is 2.58. The maximum Gasteiger partial charge on any atom is -0.147 e. The van der Waals surface area contributed by atoms with E-state index in [4.69, 9.17) is 0 Å². The van der Waals surface area contributed by atoms with Crippen LogP contribution in [0, 0.1) is 5.92 Å². The summed E-state index contributed by atoms with van der Waals surface area (Å²) in [5.74, 6) is 0.673. The van der Waals surface area contributed by atoms with Crippen LogP contribution in [-0.4, -0.2) is 5.49 Å². The Bertz CT molecular complexity index is 878. The largest absolute Gasteiger partial charge is 0.147 e. The van der Waals surface area contributed by atoms with Crippen LogP contribution in [0.3, 0.4) is 0 Å². The summed E-state index contributed by atoms with van der Waals surface area (Å²) in [5.41, 5.74) is 7.59. The molecular formula is C22H26Cl2HfSi. The smallest absolute Gasteiger partial charge is 0.147 e. The van der Waals surface area contributed by atoms with Crippen molar-refractivity contribution in [2.45, 2.75) is 30.6 Å². The van der Waals surface area contributed by atoms with Crippen LogP contribution in [0.1, 0.15) is 28.6 Å². The number of hydrogen-bond donors (Lipinski definition) is 0. The van der Waals surface area contributed by atoms with Crippen molar-refractivity contribution in [1.29, 1.82) is 0 Å². The van der Waals surface area contributed by atoms with Gasteiger partial charge in [-0.05, 0) is 0 Å². The molecule has 4 rings (SSSR count). The molecule has 0 fully saturated rings. The van der Waals surface area contributed by atoms with Gasteiger partial charge in [-0.3, -0.25) is 0 Å². The molecule has 2 aliphatic carbocycles. The van der Waals surface area contributed by atoms with E-state index in [1.54, 1.807) is 16.7 Å². The van der Waals surface area contributed by atoms with Crippen molar-refractivity contribution in [2.75, 3.05) is 0 Å². The van der Waals surface area contributed by atoms with Crippen LogP contribution in [0.4, 0.5) is 0 Å². The van der Waals surface area contributed by atoms with E-state index in [1.165, 1.54) is 11.1 Å². The van der Waals surface area contributed by atoms with Gasteiger partial charge in [0.25, 0.3) is 0 Å². The molecule has 0 saturated heterocycles. The molecule has 0 radical (unpaired) electrons. The Hall–Kier alpha value is -0.413. The normalized spacial score (nSPS) is 17.3. The van der Waals surface area contributed by atoms with Crippen molar-refractivity contribution >= 4 is 30.3 Å². The fraction of sp³-hybridized carbons (Fsp3) is 0.273. The summed E-state index contributed by atoms with van der Waals surface area (Å²) in [5, 5.41) is 0. The molecule has 1 unspecified atom stereocenters. The summed E-state index contributed by atoms with van der Waals surface area (Å²) >= 11 is -2.01. The minimum Gasteiger partial charge on any atom is -0.147 e. The summed E-state index contributed by atoms with van der Waals surface area (Å²) in [6.07, 6.45) is 4.83. The predicted molar refractivity (Wildman–Crippen MR) is 117 cm³/mol. The van der Waals surface area contributed by atoms with Gasteiger partial charge in [0.05, 0.1) is 0 Å². The van der Waals surface area contributed by atoms with Gasteiger partial charge in [0.15, 0.2) is 0 Å². The van der Waals surface area contributed by atoms with Crippen LogP contribution in [0.2, 0.25) is 13.1 Å². The van der Waals surface area contributed by atoms with Gasteiger partial charge in [-0.15, -0.1) is 24.8 Å². The van der Waals surface area contributed by atoms with Gasteiger partial charge in [-0.25, -0.2) is 0 Å². The molecule has 2 aromatic carbocycles. The van der Waals surface area contributed by atoms with E-state index in [2.05, 4.69) is 87.6 Å². The summed E-state index contributed by atoms with van der Waals surface area (Å²) in [6, 6.07) is 18.4. The average molecular weight is 568 g/mol. The molecule has 4 heteroatoms. The second-order valence-corrected chi connectivity index (χ2v) is 31.4. The monoisotopic (exact) mass is 568 g/mol. The SMILES string of the molecule is CC1=[C]([Hf]([CH]2c3ccccc3-c3ccccc32)=[Si](C)C)C(C)C=C1.Cl.Cl. The van der Waals surface area contributed by atoms with Crippen molar-refractivity contribution in [2.24, 2.45) is 5.92 Å². The molecule has 2 aromatic rings. The fourth-order valence-corrected chi connectivity index (χ4v) is 32.7. The first-order valence-electron chi connectivity index (χ1n) is 8.84. The zero-order valence-corrected chi connectivity index (χ0v) is 22.0. The molecule has 0 saturated carbocycles. The molecule has 0 nitrogen and oxygen atoms in total. The van der Waals surface area contributed by atoms with Crippen molar-refractivity contribution in [3.63, 3.8) is 0 Å². The molecule has 26 heavy (non-hydrogen) atoms. The van der Waals surface area contributed by atoms with Gasteiger partial charge in [0.2, 0.25) is 0 Å². The summed E-state index contributed by atoms with van der Waals surface area (Å²) in [6.45, 7) is 9.95. The van der Waals surface area contributed by atoms with Crippen LogP contribution in [0.15, 0.2) is 69.6 Å². The third kappa shape index (κ3) is 3.51. The van der Waals surface area contributed by atoms with E-state index < -0.39 is 20.1 Å². The summed E-state index contributed by atoms with van der Waals surface area (Å²) in [4.78, 5) is 0. The Labute approximate surface area is 177 Å². The van der Waals surface area contributed by atoms with Gasteiger partial charge in [-0.2, -0.15) is 0 Å². The zero-order valence-electron chi connectivity index (χ0n) is 15.7. The Balaban J connectivity index is 0.00000121. The molecule has 0 aliphatic heterocycles. The number of benzene rings is 2. The molecule has 0 bridgehead atoms. The van der Waals surface area contributed by atoms with E-state index in [0.29, 0.717) is 5.92 Å². The van der Waals surface area contributed by atoms with Crippen molar-refractivity contribution < 1.29 is 20.1 Å². The van der Waals surface area contributed by atoms with Gasteiger partial charge >= 0.3 is 154 Å². The predicted octanol–water partition coefficient (Wildman–Crippen LogP) is 6.95. The van der Waals surface area contributed by atoms with E-state index in [1.807, 2.05) is 3.33 Å². The van der Waals surface area contributed by atoms with E-state index in [0.717, 1.165) is 3.67 Å². The molecule has 0 spiro atoms. The van der Waals surface area contributed by atoms with E-state index in [9.17, 15) is 0 Å². The van der Waals surface area contributed by atoms with Crippen LogP contribution in [-0.2, 0) is 20.1 Å². The minimum atomic E-state index is -2.01. The van der Waals surface area contributed by atoms with Gasteiger partial charge in [-0.1, -0.05) is 0 Å².